The minimum Gasteiger partial charge on any atom is -0.446 e. The Bertz CT molecular complexity index is 350. The number of benzene rings is 1. The van der Waals surface area contributed by atoms with E-state index in [2.05, 4.69) is 0 Å². The minimum atomic E-state index is -1.18. The molecule has 0 fully saturated rings. The average molecular weight is 179 g/mol. The first-order valence-electron chi connectivity index (χ1n) is 3.91. The monoisotopic (exact) mass is 179 g/mol. The number of fused-ring (bicyclic) bond motifs is 1. The first-order valence-corrected chi connectivity index (χ1v) is 3.91. The van der Waals surface area contributed by atoms with Gasteiger partial charge in [0.1, 0.15) is 5.75 Å². The fourth-order valence-corrected chi connectivity index (χ4v) is 1.23. The molecule has 1 aromatic carbocycles. The normalized spacial score (nSPS) is 20.9. The van der Waals surface area contributed by atoms with Crippen LogP contribution < -0.4 is 4.74 Å². The molecule has 13 heavy (non-hydrogen) atoms. The maximum Gasteiger partial charge on any atom is 0.283 e. The predicted octanol–water partition coefficient (Wildman–Crippen LogP) is 0.427. The molecule has 1 aliphatic heterocycles. The molecule has 4 nitrogen and oxygen atoms in total. The van der Waals surface area contributed by atoms with Crippen molar-refractivity contribution >= 4 is 5.91 Å². The van der Waals surface area contributed by atoms with Crippen molar-refractivity contribution in [1.82, 2.24) is 4.90 Å². The molecule has 0 aliphatic carbocycles. The highest BCUT2D eigenvalue weighted by atomic mass is 16.6. The molecule has 4 heteroatoms. The van der Waals surface area contributed by atoms with Gasteiger partial charge in [-0.15, -0.1) is 0 Å². The van der Waals surface area contributed by atoms with E-state index in [1.807, 2.05) is 0 Å². The number of ether oxygens (including phenoxy) is 1. The summed E-state index contributed by atoms with van der Waals surface area (Å²) in [5, 5.41) is 9.28. The standard InChI is InChI=1S/C9H9NO3/c1-10-8(11)6-4-2-3-5-7(6)13-9(10)12/h2-5,9,12H,1H3. The Morgan fingerprint density at radius 2 is 2.15 bits per heavy atom. The highest BCUT2D eigenvalue weighted by Gasteiger charge is 2.28. The highest BCUT2D eigenvalue weighted by molar-refractivity contribution is 5.97. The van der Waals surface area contributed by atoms with Crippen molar-refractivity contribution in [2.45, 2.75) is 6.41 Å². The van der Waals surface area contributed by atoms with Gasteiger partial charge >= 0.3 is 0 Å². The summed E-state index contributed by atoms with van der Waals surface area (Å²) in [6.07, 6.45) is -1.18. The average Bonchev–Trinajstić information content (AvgIpc) is 2.15. The van der Waals surface area contributed by atoms with Crippen molar-refractivity contribution in [2.24, 2.45) is 0 Å². The van der Waals surface area contributed by atoms with Crippen molar-refractivity contribution in [1.29, 1.82) is 0 Å². The number of hydrogen-bond donors (Lipinski definition) is 1. The molecule has 1 aliphatic rings. The summed E-state index contributed by atoms with van der Waals surface area (Å²) in [6.45, 7) is 0. The summed E-state index contributed by atoms with van der Waals surface area (Å²) in [5.74, 6) is 0.201. The van der Waals surface area contributed by atoms with Crippen molar-refractivity contribution < 1.29 is 14.6 Å². The lowest BCUT2D eigenvalue weighted by Crippen LogP contribution is -2.44. The number of amides is 1. The second-order valence-electron chi connectivity index (χ2n) is 2.86. The maximum absolute atomic E-state index is 11.5. The number of aliphatic hydroxyl groups excluding tert-OH is 1. The van der Waals surface area contributed by atoms with Crippen molar-refractivity contribution in [3.05, 3.63) is 29.8 Å². The van der Waals surface area contributed by atoms with Gasteiger partial charge in [-0.05, 0) is 12.1 Å². The number of hydrogen-bond acceptors (Lipinski definition) is 3. The van der Waals surface area contributed by atoms with Crippen LogP contribution in [0.4, 0.5) is 0 Å². The van der Waals surface area contributed by atoms with Crippen LogP contribution in [0, 0.1) is 0 Å². The first-order chi connectivity index (χ1) is 6.20. The number of carbonyl (C=O) groups excluding carboxylic acids is 1. The lowest BCUT2D eigenvalue weighted by Gasteiger charge is -2.29. The number of rotatable bonds is 0. The SMILES string of the molecule is CN1C(=O)c2ccccc2OC1O. The van der Waals surface area contributed by atoms with Gasteiger partial charge in [0.05, 0.1) is 5.56 Å². The van der Waals surface area contributed by atoms with E-state index in [9.17, 15) is 9.90 Å². The molecule has 0 spiro atoms. The predicted molar refractivity (Wildman–Crippen MR) is 45.2 cm³/mol. The quantitative estimate of drug-likeness (QED) is 0.628. The molecule has 0 saturated heterocycles. The molecule has 0 aromatic heterocycles. The molecule has 2 rings (SSSR count). The van der Waals surface area contributed by atoms with Crippen LogP contribution in [0.1, 0.15) is 10.4 Å². The molecule has 1 aromatic rings. The van der Waals surface area contributed by atoms with E-state index in [1.54, 1.807) is 24.3 Å². The largest absolute Gasteiger partial charge is 0.446 e. The summed E-state index contributed by atoms with van der Waals surface area (Å²) >= 11 is 0. The van der Waals surface area contributed by atoms with Crippen LogP contribution in [0.15, 0.2) is 24.3 Å². The molecule has 1 N–H and O–H groups in total. The van der Waals surface area contributed by atoms with Crippen LogP contribution in [0.25, 0.3) is 0 Å². The molecular weight excluding hydrogens is 170 g/mol. The molecule has 1 atom stereocenters. The Morgan fingerprint density at radius 1 is 1.46 bits per heavy atom. The van der Waals surface area contributed by atoms with Crippen LogP contribution in [0.2, 0.25) is 0 Å². The lowest BCUT2D eigenvalue weighted by atomic mass is 10.1. The van der Waals surface area contributed by atoms with Gasteiger partial charge in [-0.3, -0.25) is 9.69 Å². The van der Waals surface area contributed by atoms with Gasteiger partial charge in [-0.1, -0.05) is 12.1 Å². The van der Waals surface area contributed by atoms with E-state index in [4.69, 9.17) is 4.74 Å². The summed E-state index contributed by atoms with van der Waals surface area (Å²) in [4.78, 5) is 12.7. The highest BCUT2D eigenvalue weighted by Crippen LogP contribution is 2.25. The van der Waals surface area contributed by atoms with Gasteiger partial charge in [0.25, 0.3) is 12.3 Å². The van der Waals surface area contributed by atoms with Gasteiger partial charge in [0.15, 0.2) is 0 Å². The van der Waals surface area contributed by atoms with Crippen LogP contribution >= 0.6 is 0 Å². The van der Waals surface area contributed by atoms with Crippen LogP contribution in [-0.4, -0.2) is 29.4 Å². The van der Waals surface area contributed by atoms with Crippen molar-refractivity contribution in [2.75, 3.05) is 7.05 Å². The molecular formula is C9H9NO3. The fourth-order valence-electron chi connectivity index (χ4n) is 1.23. The molecule has 0 radical (unpaired) electrons. The summed E-state index contributed by atoms with van der Waals surface area (Å²) in [5.41, 5.74) is 0.482. The minimum absolute atomic E-state index is 0.227. The fraction of sp³-hybridized carbons (Fsp3) is 0.222. The summed E-state index contributed by atoms with van der Waals surface area (Å²) in [6, 6.07) is 6.83. The first kappa shape index (κ1) is 8.07. The zero-order chi connectivity index (χ0) is 9.42. The molecule has 1 unspecified atom stereocenters. The van der Waals surface area contributed by atoms with Gasteiger partial charge < -0.3 is 9.84 Å². The third kappa shape index (κ3) is 1.15. The van der Waals surface area contributed by atoms with Crippen LogP contribution in [0.3, 0.4) is 0 Å². The van der Waals surface area contributed by atoms with Gasteiger partial charge in [0, 0.05) is 7.05 Å². The Balaban J connectivity index is 2.49. The van der Waals surface area contributed by atoms with E-state index in [1.165, 1.54) is 7.05 Å². The Labute approximate surface area is 75.3 Å². The Kier molecular flexibility index (Phi) is 1.70. The van der Waals surface area contributed by atoms with Gasteiger partial charge in [-0.25, -0.2) is 0 Å². The second-order valence-corrected chi connectivity index (χ2v) is 2.86. The summed E-state index contributed by atoms with van der Waals surface area (Å²) < 4.78 is 5.08. The number of nitrogens with zero attached hydrogens (tertiary/aromatic N) is 1. The van der Waals surface area contributed by atoms with Crippen molar-refractivity contribution in [3.8, 4) is 5.75 Å². The summed E-state index contributed by atoms with van der Waals surface area (Å²) in [7, 11) is 1.49. The molecule has 0 bridgehead atoms. The molecule has 1 amide bonds. The van der Waals surface area contributed by atoms with Gasteiger partial charge in [0.2, 0.25) is 0 Å². The number of para-hydroxylation sites is 1. The van der Waals surface area contributed by atoms with E-state index in [-0.39, 0.29) is 5.91 Å². The van der Waals surface area contributed by atoms with E-state index in [0.29, 0.717) is 11.3 Å². The van der Waals surface area contributed by atoms with Crippen LogP contribution in [0.5, 0.6) is 5.75 Å². The Hall–Kier alpha value is -1.55. The molecule has 0 saturated carbocycles. The third-order valence-electron chi connectivity index (χ3n) is 2.00. The van der Waals surface area contributed by atoms with E-state index < -0.39 is 6.41 Å². The van der Waals surface area contributed by atoms with Crippen molar-refractivity contribution in [3.63, 3.8) is 0 Å². The Morgan fingerprint density at radius 3 is 2.92 bits per heavy atom. The lowest BCUT2D eigenvalue weighted by molar-refractivity contribution is -0.114. The third-order valence-corrected chi connectivity index (χ3v) is 2.00. The number of carbonyl (C=O) groups is 1. The zero-order valence-corrected chi connectivity index (χ0v) is 7.10. The van der Waals surface area contributed by atoms with Gasteiger partial charge in [-0.2, -0.15) is 0 Å². The maximum atomic E-state index is 11.5. The topological polar surface area (TPSA) is 49.8 Å². The molecule has 1 heterocycles. The second kappa shape index (κ2) is 2.74. The van der Waals surface area contributed by atoms with Crippen LogP contribution in [-0.2, 0) is 0 Å². The number of aliphatic hydroxyl groups is 1. The molecule has 68 valence electrons. The zero-order valence-electron chi connectivity index (χ0n) is 7.10. The smallest absolute Gasteiger partial charge is 0.283 e. The van der Waals surface area contributed by atoms with E-state index >= 15 is 0 Å². The van der Waals surface area contributed by atoms with E-state index in [0.717, 1.165) is 4.90 Å².